The van der Waals surface area contributed by atoms with E-state index in [-0.39, 0.29) is 12.5 Å². The molecule has 2 aromatic rings. The van der Waals surface area contributed by atoms with Gasteiger partial charge in [0.25, 0.3) is 5.91 Å². The molecule has 0 aliphatic carbocycles. The number of carbonyl (C=O) groups excluding carboxylic acids is 2. The Morgan fingerprint density at radius 1 is 1.22 bits per heavy atom. The van der Waals surface area contributed by atoms with Crippen LogP contribution in [0.25, 0.3) is 0 Å². The van der Waals surface area contributed by atoms with Crippen LogP contribution in [0.3, 0.4) is 0 Å². The third kappa shape index (κ3) is 4.56. The molecule has 1 aromatic heterocycles. The van der Waals surface area contributed by atoms with E-state index in [9.17, 15) is 9.59 Å². The van der Waals surface area contributed by atoms with Crippen LogP contribution in [-0.2, 0) is 9.53 Å². The third-order valence-electron chi connectivity index (χ3n) is 3.31. The maximum Gasteiger partial charge on any atom is 0.341 e. The van der Waals surface area contributed by atoms with Crippen molar-refractivity contribution in [1.29, 1.82) is 0 Å². The molecular weight excluding hydrogens is 312 g/mol. The van der Waals surface area contributed by atoms with E-state index in [1.807, 2.05) is 38.3 Å². The van der Waals surface area contributed by atoms with E-state index in [1.165, 1.54) is 11.8 Å². The van der Waals surface area contributed by atoms with Gasteiger partial charge in [-0.15, -0.1) is 11.8 Å². The van der Waals surface area contributed by atoms with Crippen molar-refractivity contribution in [3.63, 3.8) is 0 Å². The van der Waals surface area contributed by atoms with E-state index in [2.05, 4.69) is 10.3 Å². The number of anilines is 1. The second-order valence-electron chi connectivity index (χ2n) is 4.98. The minimum Gasteiger partial charge on any atom is -0.452 e. The molecule has 23 heavy (non-hydrogen) atoms. The van der Waals surface area contributed by atoms with Crippen LogP contribution in [0.5, 0.6) is 0 Å². The van der Waals surface area contributed by atoms with Gasteiger partial charge in [-0.1, -0.05) is 6.07 Å². The van der Waals surface area contributed by atoms with Crippen LogP contribution in [0.2, 0.25) is 0 Å². The first-order chi connectivity index (χ1) is 11.0. The Balaban J connectivity index is 1.93. The van der Waals surface area contributed by atoms with E-state index >= 15 is 0 Å². The highest BCUT2D eigenvalue weighted by Crippen LogP contribution is 2.18. The molecule has 0 aliphatic rings. The second-order valence-corrected chi connectivity index (χ2v) is 5.78. The maximum absolute atomic E-state index is 12.0. The van der Waals surface area contributed by atoms with Crippen LogP contribution < -0.4 is 5.32 Å². The van der Waals surface area contributed by atoms with Gasteiger partial charge in [0.15, 0.2) is 6.61 Å². The van der Waals surface area contributed by atoms with Crippen LogP contribution in [0, 0.1) is 13.8 Å². The number of hydrogen-bond donors (Lipinski definition) is 1. The van der Waals surface area contributed by atoms with Crippen molar-refractivity contribution in [1.82, 2.24) is 4.98 Å². The zero-order chi connectivity index (χ0) is 16.8. The van der Waals surface area contributed by atoms with E-state index in [4.69, 9.17) is 4.74 Å². The molecule has 0 spiro atoms. The lowest BCUT2D eigenvalue weighted by Crippen LogP contribution is -2.21. The average molecular weight is 330 g/mol. The summed E-state index contributed by atoms with van der Waals surface area (Å²) in [6, 6.07) is 8.90. The largest absolute Gasteiger partial charge is 0.452 e. The highest BCUT2D eigenvalue weighted by atomic mass is 32.2. The van der Waals surface area contributed by atoms with Gasteiger partial charge in [0.2, 0.25) is 0 Å². The monoisotopic (exact) mass is 330 g/mol. The fourth-order valence-electron chi connectivity index (χ4n) is 1.93. The number of aromatic nitrogens is 1. The molecule has 0 fully saturated rings. The zero-order valence-corrected chi connectivity index (χ0v) is 14.1. The molecule has 0 saturated carbocycles. The third-order valence-corrected chi connectivity index (χ3v) is 4.02. The number of esters is 1. The number of thioether (sulfide) groups is 1. The molecule has 1 aromatic carbocycles. The smallest absolute Gasteiger partial charge is 0.341 e. The standard InChI is InChI=1S/C17H18N2O3S/c1-11-6-7-13(9-12(11)2)19-15(20)10-22-17(21)14-5-4-8-18-16(14)23-3/h4-9H,10H2,1-3H3,(H,19,20). The van der Waals surface area contributed by atoms with E-state index in [0.717, 1.165) is 11.1 Å². The van der Waals surface area contributed by atoms with Gasteiger partial charge in [0.1, 0.15) is 5.03 Å². The van der Waals surface area contributed by atoms with Gasteiger partial charge >= 0.3 is 5.97 Å². The Kier molecular flexibility index (Phi) is 5.76. The summed E-state index contributed by atoms with van der Waals surface area (Å²) in [5, 5.41) is 3.28. The number of carbonyl (C=O) groups is 2. The lowest BCUT2D eigenvalue weighted by Gasteiger charge is -2.09. The maximum atomic E-state index is 12.0. The first kappa shape index (κ1) is 17.0. The lowest BCUT2D eigenvalue weighted by molar-refractivity contribution is -0.119. The van der Waals surface area contributed by atoms with Gasteiger partial charge in [0.05, 0.1) is 5.56 Å². The van der Waals surface area contributed by atoms with Gasteiger partial charge in [-0.2, -0.15) is 0 Å². The van der Waals surface area contributed by atoms with Crippen molar-refractivity contribution < 1.29 is 14.3 Å². The summed E-state index contributed by atoms with van der Waals surface area (Å²) in [5.41, 5.74) is 3.27. The summed E-state index contributed by atoms with van der Waals surface area (Å²) in [6.07, 6.45) is 3.43. The number of benzene rings is 1. The van der Waals surface area contributed by atoms with Crippen molar-refractivity contribution >= 4 is 29.3 Å². The number of pyridine rings is 1. The Bertz CT molecular complexity index is 732. The van der Waals surface area contributed by atoms with Crippen LogP contribution in [0.1, 0.15) is 21.5 Å². The summed E-state index contributed by atoms with van der Waals surface area (Å²) in [7, 11) is 0. The molecular formula is C17H18N2O3S. The molecule has 0 atom stereocenters. The number of rotatable bonds is 5. The van der Waals surface area contributed by atoms with Crippen molar-refractivity contribution in [3.8, 4) is 0 Å². The molecule has 1 N–H and O–H groups in total. The van der Waals surface area contributed by atoms with Crippen molar-refractivity contribution in [2.24, 2.45) is 0 Å². The lowest BCUT2D eigenvalue weighted by atomic mass is 10.1. The predicted octanol–water partition coefficient (Wildman–Crippen LogP) is 3.22. The molecule has 0 radical (unpaired) electrons. The highest BCUT2D eigenvalue weighted by Gasteiger charge is 2.14. The number of nitrogens with zero attached hydrogens (tertiary/aromatic N) is 1. The molecule has 0 bridgehead atoms. The number of aryl methyl sites for hydroxylation is 2. The zero-order valence-electron chi connectivity index (χ0n) is 13.3. The van der Waals surface area contributed by atoms with Gasteiger partial charge < -0.3 is 10.1 Å². The van der Waals surface area contributed by atoms with E-state index < -0.39 is 5.97 Å². The Hall–Kier alpha value is -2.34. The summed E-state index contributed by atoms with van der Waals surface area (Å²) in [5.74, 6) is -0.936. The van der Waals surface area contributed by atoms with Gasteiger partial charge in [0, 0.05) is 11.9 Å². The minimum atomic E-state index is -0.558. The van der Waals surface area contributed by atoms with Crippen LogP contribution in [-0.4, -0.2) is 29.7 Å². The van der Waals surface area contributed by atoms with Crippen LogP contribution in [0.15, 0.2) is 41.6 Å². The van der Waals surface area contributed by atoms with Crippen LogP contribution >= 0.6 is 11.8 Å². The molecule has 120 valence electrons. The van der Waals surface area contributed by atoms with Gasteiger partial charge in [-0.05, 0) is 55.5 Å². The summed E-state index contributed by atoms with van der Waals surface area (Å²) < 4.78 is 5.05. The normalized spacial score (nSPS) is 10.2. The fourth-order valence-corrected chi connectivity index (χ4v) is 2.47. The Morgan fingerprint density at radius 3 is 2.70 bits per heavy atom. The summed E-state index contributed by atoms with van der Waals surface area (Å²) in [6.45, 7) is 3.63. The molecule has 1 amide bonds. The number of hydrogen-bond acceptors (Lipinski definition) is 5. The van der Waals surface area contributed by atoms with E-state index in [0.29, 0.717) is 16.3 Å². The molecule has 0 saturated heterocycles. The summed E-state index contributed by atoms with van der Waals surface area (Å²) in [4.78, 5) is 28.0. The summed E-state index contributed by atoms with van der Waals surface area (Å²) >= 11 is 1.35. The van der Waals surface area contributed by atoms with E-state index in [1.54, 1.807) is 18.3 Å². The number of nitrogens with one attached hydrogen (secondary N) is 1. The van der Waals surface area contributed by atoms with Gasteiger partial charge in [-0.3, -0.25) is 4.79 Å². The van der Waals surface area contributed by atoms with Crippen LogP contribution in [0.4, 0.5) is 5.69 Å². The first-order valence-corrected chi connectivity index (χ1v) is 8.27. The minimum absolute atomic E-state index is 0.339. The molecule has 2 rings (SSSR count). The SMILES string of the molecule is CSc1ncccc1C(=O)OCC(=O)Nc1ccc(C)c(C)c1. The first-order valence-electron chi connectivity index (χ1n) is 7.04. The Morgan fingerprint density at radius 2 is 2.00 bits per heavy atom. The molecule has 0 aliphatic heterocycles. The van der Waals surface area contributed by atoms with Crippen molar-refractivity contribution in [2.75, 3.05) is 18.2 Å². The molecule has 5 nitrogen and oxygen atoms in total. The molecule has 6 heteroatoms. The van der Waals surface area contributed by atoms with Crippen molar-refractivity contribution in [3.05, 3.63) is 53.2 Å². The fraction of sp³-hybridized carbons (Fsp3) is 0.235. The average Bonchev–Trinajstić information content (AvgIpc) is 2.56. The predicted molar refractivity (Wildman–Crippen MR) is 90.8 cm³/mol. The highest BCUT2D eigenvalue weighted by molar-refractivity contribution is 7.98. The quantitative estimate of drug-likeness (QED) is 0.673. The second kappa shape index (κ2) is 7.78. The number of amides is 1. The number of ether oxygens (including phenoxy) is 1. The Labute approximate surface area is 139 Å². The molecule has 1 heterocycles. The van der Waals surface area contributed by atoms with Gasteiger partial charge in [-0.25, -0.2) is 9.78 Å². The molecule has 0 unspecified atom stereocenters. The van der Waals surface area contributed by atoms with Crippen molar-refractivity contribution in [2.45, 2.75) is 18.9 Å². The topological polar surface area (TPSA) is 68.3 Å².